The zero-order valence-corrected chi connectivity index (χ0v) is 14.1. The molecule has 7 heteroatoms. The van der Waals surface area contributed by atoms with Gasteiger partial charge < -0.3 is 9.72 Å². The van der Waals surface area contributed by atoms with Crippen molar-refractivity contribution < 1.29 is 22.7 Å². The number of esters is 1. The van der Waals surface area contributed by atoms with Crippen LogP contribution in [0.2, 0.25) is 0 Å². The number of hydrogen-bond donors (Lipinski definition) is 1. The number of hydrogen-bond acceptors (Lipinski definition) is 2. The minimum absolute atomic E-state index is 0.0340. The maximum Gasteiger partial charge on any atom is 0.417 e. The lowest BCUT2D eigenvalue weighted by Gasteiger charge is -2.19. The van der Waals surface area contributed by atoms with Gasteiger partial charge in [0.15, 0.2) is 0 Å². The fraction of sp³-hybridized carbons (Fsp3) is 0.400. The van der Waals surface area contributed by atoms with Crippen molar-refractivity contribution in [3.8, 4) is 0 Å². The van der Waals surface area contributed by atoms with Gasteiger partial charge >= 0.3 is 12.1 Å². The molecular weight excluding hydrogens is 363 g/mol. The van der Waals surface area contributed by atoms with Crippen LogP contribution in [-0.4, -0.2) is 16.6 Å². The Morgan fingerprint density at radius 2 is 1.86 bits per heavy atom. The first kappa shape index (κ1) is 16.9. The highest BCUT2D eigenvalue weighted by Crippen LogP contribution is 2.41. The van der Waals surface area contributed by atoms with Crippen LogP contribution < -0.4 is 0 Å². The number of fused-ring (bicyclic) bond motifs is 1. The van der Waals surface area contributed by atoms with E-state index in [1.807, 2.05) is 0 Å². The summed E-state index contributed by atoms with van der Waals surface area (Å²) in [7, 11) is 0. The molecule has 0 aliphatic heterocycles. The van der Waals surface area contributed by atoms with Crippen molar-refractivity contribution >= 4 is 32.8 Å². The highest BCUT2D eigenvalue weighted by Gasteiger charge is 2.36. The second-order valence-electron chi connectivity index (χ2n) is 5.98. The van der Waals surface area contributed by atoms with Crippen LogP contribution in [0, 0.1) is 6.92 Å². The zero-order chi connectivity index (χ0) is 16.9. The fourth-order valence-electron chi connectivity index (χ4n) is 2.25. The van der Waals surface area contributed by atoms with Gasteiger partial charge in [-0.05, 0) is 39.3 Å². The van der Waals surface area contributed by atoms with Crippen molar-refractivity contribution in [1.29, 1.82) is 0 Å². The van der Waals surface area contributed by atoms with Gasteiger partial charge in [0.1, 0.15) is 5.60 Å². The molecule has 22 heavy (non-hydrogen) atoms. The summed E-state index contributed by atoms with van der Waals surface area (Å²) in [6.07, 6.45) is -3.10. The Morgan fingerprint density at radius 3 is 2.36 bits per heavy atom. The maximum atomic E-state index is 13.1. The van der Waals surface area contributed by atoms with Gasteiger partial charge in [-0.2, -0.15) is 13.2 Å². The molecule has 0 atom stereocenters. The smallest absolute Gasteiger partial charge is 0.417 e. The lowest BCUT2D eigenvalue weighted by atomic mass is 10.0. The van der Waals surface area contributed by atoms with Crippen LogP contribution in [0.4, 0.5) is 13.2 Å². The number of nitrogens with one attached hydrogen (secondary N) is 1. The van der Waals surface area contributed by atoms with Gasteiger partial charge in [-0.1, -0.05) is 15.9 Å². The second-order valence-corrected chi connectivity index (χ2v) is 6.84. The number of alkyl halides is 3. The predicted molar refractivity (Wildman–Crippen MR) is 80.9 cm³/mol. The molecule has 120 valence electrons. The number of carbonyl (C=O) groups is 1. The van der Waals surface area contributed by atoms with Crippen LogP contribution >= 0.6 is 15.9 Å². The number of aromatic amines is 1. The summed E-state index contributed by atoms with van der Waals surface area (Å²) in [5.74, 6) is -0.579. The molecule has 3 nitrogen and oxygen atoms in total. The largest absolute Gasteiger partial charge is 0.456 e. The molecule has 0 bridgehead atoms. The Labute approximate surface area is 134 Å². The number of rotatable bonds is 1. The summed E-state index contributed by atoms with van der Waals surface area (Å²) >= 11 is 2.95. The number of halogens is 4. The van der Waals surface area contributed by atoms with Crippen molar-refractivity contribution in [3.05, 3.63) is 33.4 Å². The van der Waals surface area contributed by atoms with Gasteiger partial charge in [0, 0.05) is 21.6 Å². The standard InChI is InChI=1S/C15H15BrF3NO2/c1-7-11(15(17,18)19)10(16)5-8-9(6-20-12(7)8)13(21)22-14(2,3)4/h5-6,20H,1-4H3. The molecule has 0 unspecified atom stereocenters. The van der Waals surface area contributed by atoms with Crippen molar-refractivity contribution in [2.45, 2.75) is 39.5 Å². The van der Waals surface area contributed by atoms with Crippen LogP contribution in [-0.2, 0) is 10.9 Å². The number of carbonyl (C=O) groups excluding carboxylic acids is 1. The predicted octanol–water partition coefficient (Wildman–Crippen LogP) is 5.21. The molecule has 0 saturated heterocycles. The number of aromatic nitrogens is 1. The van der Waals surface area contributed by atoms with E-state index in [0.29, 0.717) is 5.39 Å². The highest BCUT2D eigenvalue weighted by atomic mass is 79.9. The molecule has 1 N–H and O–H groups in total. The number of benzene rings is 1. The molecule has 0 aliphatic carbocycles. The highest BCUT2D eigenvalue weighted by molar-refractivity contribution is 9.10. The van der Waals surface area contributed by atoms with Crippen LogP contribution in [0.15, 0.2) is 16.7 Å². The van der Waals surface area contributed by atoms with Crippen molar-refractivity contribution in [1.82, 2.24) is 4.98 Å². The Morgan fingerprint density at radius 1 is 1.27 bits per heavy atom. The van der Waals surface area contributed by atoms with Crippen LogP contribution in [0.3, 0.4) is 0 Å². The van der Waals surface area contributed by atoms with Gasteiger partial charge in [0.25, 0.3) is 0 Å². The Balaban J connectivity index is 2.62. The van der Waals surface area contributed by atoms with Crippen molar-refractivity contribution in [3.63, 3.8) is 0 Å². The third kappa shape index (κ3) is 3.14. The normalized spacial score (nSPS) is 12.7. The molecular formula is C15H15BrF3NO2. The van der Waals surface area contributed by atoms with Gasteiger partial charge in [0.05, 0.1) is 11.1 Å². The first-order chi connectivity index (χ1) is 9.92. The van der Waals surface area contributed by atoms with E-state index >= 15 is 0 Å². The van der Waals surface area contributed by atoms with Gasteiger partial charge in [-0.25, -0.2) is 4.79 Å². The molecule has 0 amide bonds. The topological polar surface area (TPSA) is 42.1 Å². The SMILES string of the molecule is Cc1c(C(F)(F)F)c(Br)cc2c(C(=O)OC(C)(C)C)c[nH]c12. The number of ether oxygens (including phenoxy) is 1. The lowest BCUT2D eigenvalue weighted by Crippen LogP contribution is -2.23. The van der Waals surface area contributed by atoms with Crippen LogP contribution in [0.25, 0.3) is 10.9 Å². The summed E-state index contributed by atoms with van der Waals surface area (Å²) in [5, 5.41) is 0.395. The fourth-order valence-corrected chi connectivity index (χ4v) is 3.00. The number of H-pyrrole nitrogens is 1. The Kier molecular flexibility index (Phi) is 4.06. The van der Waals surface area contributed by atoms with E-state index in [4.69, 9.17) is 4.74 Å². The summed E-state index contributed by atoms with van der Waals surface area (Å²) in [6.45, 7) is 6.54. The Hall–Kier alpha value is -1.50. The van der Waals surface area contributed by atoms with Gasteiger partial charge in [-0.3, -0.25) is 0 Å². The van der Waals surface area contributed by atoms with E-state index in [1.54, 1.807) is 20.8 Å². The summed E-state index contributed by atoms with van der Waals surface area (Å²) < 4.78 is 44.4. The van der Waals surface area contributed by atoms with Gasteiger partial charge in [0.2, 0.25) is 0 Å². The van der Waals surface area contributed by atoms with Crippen molar-refractivity contribution in [2.75, 3.05) is 0 Å². The molecule has 1 heterocycles. The molecule has 1 aromatic heterocycles. The average Bonchev–Trinajstić information content (AvgIpc) is 2.68. The molecule has 1 aromatic carbocycles. The molecule has 2 rings (SSSR count). The van der Waals surface area contributed by atoms with E-state index in [9.17, 15) is 18.0 Å². The quantitative estimate of drug-likeness (QED) is 0.692. The summed E-state index contributed by atoms with van der Waals surface area (Å²) in [4.78, 5) is 14.9. The Bertz CT molecular complexity index is 742. The molecule has 0 spiro atoms. The van der Waals surface area contributed by atoms with Crippen LogP contribution in [0.1, 0.15) is 42.3 Å². The van der Waals surface area contributed by atoms with E-state index in [1.165, 1.54) is 19.2 Å². The van der Waals surface area contributed by atoms with E-state index in [0.717, 1.165) is 0 Å². The average molecular weight is 378 g/mol. The van der Waals surface area contributed by atoms with Crippen molar-refractivity contribution in [2.24, 2.45) is 0 Å². The van der Waals surface area contributed by atoms with E-state index < -0.39 is 23.3 Å². The molecule has 0 fully saturated rings. The maximum absolute atomic E-state index is 13.1. The molecule has 0 radical (unpaired) electrons. The zero-order valence-electron chi connectivity index (χ0n) is 12.5. The first-order valence-electron chi connectivity index (χ1n) is 6.52. The lowest BCUT2D eigenvalue weighted by molar-refractivity contribution is -0.138. The van der Waals surface area contributed by atoms with E-state index in [-0.39, 0.29) is 21.1 Å². The first-order valence-corrected chi connectivity index (χ1v) is 7.32. The van der Waals surface area contributed by atoms with Crippen LogP contribution in [0.5, 0.6) is 0 Å². The summed E-state index contributed by atoms with van der Waals surface area (Å²) in [5.41, 5.74) is -0.915. The second kappa shape index (κ2) is 5.30. The third-order valence-electron chi connectivity index (χ3n) is 3.08. The minimum Gasteiger partial charge on any atom is -0.456 e. The van der Waals surface area contributed by atoms with Gasteiger partial charge in [-0.15, -0.1) is 0 Å². The molecule has 2 aromatic rings. The third-order valence-corrected chi connectivity index (χ3v) is 3.71. The molecule has 0 saturated carbocycles. The monoisotopic (exact) mass is 377 g/mol. The molecule has 0 aliphatic rings. The number of aryl methyl sites for hydroxylation is 1. The van der Waals surface area contributed by atoms with E-state index in [2.05, 4.69) is 20.9 Å². The minimum atomic E-state index is -4.48. The summed E-state index contributed by atoms with van der Waals surface area (Å²) in [6, 6.07) is 1.29.